The molecule has 1 N–H and O–H groups in total. The second-order valence-electron chi connectivity index (χ2n) is 5.05. The smallest absolute Gasteiger partial charge is 0.124 e. The lowest BCUT2D eigenvalue weighted by molar-refractivity contribution is 0.493. The minimum absolute atomic E-state index is 0.285. The van der Waals surface area contributed by atoms with Gasteiger partial charge in [-0.2, -0.15) is 0 Å². The third kappa shape index (κ3) is 4.32. The van der Waals surface area contributed by atoms with Gasteiger partial charge in [-0.05, 0) is 55.6 Å². The van der Waals surface area contributed by atoms with E-state index in [-0.39, 0.29) is 5.82 Å². The molecule has 0 spiro atoms. The Labute approximate surface area is 124 Å². The molecule has 0 bridgehead atoms. The molecule has 3 heteroatoms. The first kappa shape index (κ1) is 15.0. The minimum Gasteiger partial charge on any atom is -0.319 e. The molecule has 0 saturated carbocycles. The summed E-state index contributed by atoms with van der Waals surface area (Å²) in [4.78, 5) is 0. The Morgan fingerprint density at radius 1 is 1.10 bits per heavy atom. The molecule has 2 rings (SSSR count). The minimum atomic E-state index is -0.285. The molecule has 20 heavy (non-hydrogen) atoms. The van der Waals surface area contributed by atoms with Gasteiger partial charge in [-0.1, -0.05) is 48.0 Å². The molecule has 0 aliphatic heterocycles. The molecular formula is C17H19ClFN. The van der Waals surface area contributed by atoms with Crippen LogP contribution < -0.4 is 5.32 Å². The van der Waals surface area contributed by atoms with E-state index < -0.39 is 0 Å². The molecule has 0 fully saturated rings. The first-order valence-corrected chi connectivity index (χ1v) is 7.19. The van der Waals surface area contributed by atoms with Crippen molar-refractivity contribution in [1.29, 1.82) is 0 Å². The van der Waals surface area contributed by atoms with Crippen molar-refractivity contribution in [3.63, 3.8) is 0 Å². The van der Waals surface area contributed by atoms with E-state index in [4.69, 9.17) is 11.6 Å². The average Bonchev–Trinajstić information content (AvgIpc) is 2.43. The lowest BCUT2D eigenvalue weighted by Gasteiger charge is -2.17. The van der Waals surface area contributed by atoms with Crippen LogP contribution in [0.15, 0.2) is 48.5 Å². The Hall–Kier alpha value is -1.38. The lowest BCUT2D eigenvalue weighted by Crippen LogP contribution is -2.23. The van der Waals surface area contributed by atoms with E-state index >= 15 is 0 Å². The predicted molar refractivity (Wildman–Crippen MR) is 82.7 cm³/mol. The Morgan fingerprint density at radius 3 is 2.50 bits per heavy atom. The summed E-state index contributed by atoms with van der Waals surface area (Å²) >= 11 is 6.12. The summed E-state index contributed by atoms with van der Waals surface area (Å²) in [5.41, 5.74) is 2.32. The van der Waals surface area contributed by atoms with Crippen molar-refractivity contribution in [3.8, 4) is 0 Å². The van der Waals surface area contributed by atoms with Crippen LogP contribution in [-0.2, 0) is 12.8 Å². The Kier molecular flexibility index (Phi) is 5.57. The first-order chi connectivity index (χ1) is 9.69. The third-order valence-electron chi connectivity index (χ3n) is 3.38. The topological polar surface area (TPSA) is 12.0 Å². The maximum Gasteiger partial charge on any atom is 0.124 e. The van der Waals surface area contributed by atoms with Gasteiger partial charge in [0.25, 0.3) is 0 Å². The summed E-state index contributed by atoms with van der Waals surface area (Å²) in [7, 11) is 1.95. The largest absolute Gasteiger partial charge is 0.319 e. The fourth-order valence-corrected chi connectivity index (χ4v) is 2.70. The summed E-state index contributed by atoms with van der Waals surface area (Å²) in [6.07, 6.45) is 1.82. The molecule has 1 atom stereocenters. The Morgan fingerprint density at radius 2 is 1.85 bits per heavy atom. The molecule has 0 aliphatic rings. The molecular weight excluding hydrogens is 273 g/mol. The van der Waals surface area contributed by atoms with Crippen molar-refractivity contribution in [2.45, 2.75) is 12.8 Å². The van der Waals surface area contributed by atoms with E-state index in [9.17, 15) is 4.39 Å². The van der Waals surface area contributed by atoms with E-state index in [0.717, 1.165) is 24.9 Å². The molecule has 0 amide bonds. The highest BCUT2D eigenvalue weighted by molar-refractivity contribution is 6.31. The van der Waals surface area contributed by atoms with Gasteiger partial charge in [-0.15, -0.1) is 0 Å². The first-order valence-electron chi connectivity index (χ1n) is 6.81. The van der Waals surface area contributed by atoms with Crippen LogP contribution in [0.3, 0.4) is 0 Å². The van der Waals surface area contributed by atoms with Crippen molar-refractivity contribution >= 4 is 11.6 Å². The number of halogens is 2. The number of rotatable bonds is 6. The van der Waals surface area contributed by atoms with E-state index in [1.807, 2.05) is 13.1 Å². The molecule has 0 saturated heterocycles. The summed E-state index contributed by atoms with van der Waals surface area (Å²) in [5.74, 6) is 0.150. The summed E-state index contributed by atoms with van der Waals surface area (Å²) in [5, 5.41) is 3.74. The Bertz CT molecular complexity index is 542. The summed E-state index contributed by atoms with van der Waals surface area (Å²) in [6, 6.07) is 15.0. The van der Waals surface area contributed by atoms with Crippen molar-refractivity contribution in [2.75, 3.05) is 13.6 Å². The SMILES string of the molecule is CNCC(Cc1ccccc1)Cc1ccc(F)cc1Cl. The van der Waals surface area contributed by atoms with E-state index in [1.54, 1.807) is 6.07 Å². The highest BCUT2D eigenvalue weighted by atomic mass is 35.5. The number of hydrogen-bond acceptors (Lipinski definition) is 1. The fraction of sp³-hybridized carbons (Fsp3) is 0.294. The number of nitrogens with one attached hydrogen (secondary N) is 1. The molecule has 106 valence electrons. The zero-order chi connectivity index (χ0) is 14.4. The number of benzene rings is 2. The van der Waals surface area contributed by atoms with Crippen LogP contribution in [0.25, 0.3) is 0 Å². The zero-order valence-corrected chi connectivity index (χ0v) is 12.3. The highest BCUT2D eigenvalue weighted by Gasteiger charge is 2.12. The van der Waals surface area contributed by atoms with Gasteiger partial charge < -0.3 is 5.32 Å². The molecule has 1 nitrogen and oxygen atoms in total. The second-order valence-corrected chi connectivity index (χ2v) is 5.46. The van der Waals surface area contributed by atoms with Gasteiger partial charge in [-0.3, -0.25) is 0 Å². The number of hydrogen-bond donors (Lipinski definition) is 1. The average molecular weight is 292 g/mol. The predicted octanol–water partition coefficient (Wildman–Crippen LogP) is 4.10. The van der Waals surface area contributed by atoms with Gasteiger partial charge in [0, 0.05) is 5.02 Å². The summed E-state index contributed by atoms with van der Waals surface area (Å²) < 4.78 is 13.1. The maximum atomic E-state index is 13.1. The molecule has 0 aromatic heterocycles. The van der Waals surface area contributed by atoms with Crippen molar-refractivity contribution in [3.05, 3.63) is 70.5 Å². The van der Waals surface area contributed by atoms with Gasteiger partial charge >= 0.3 is 0 Å². The molecule has 2 aromatic rings. The zero-order valence-electron chi connectivity index (χ0n) is 11.6. The van der Waals surface area contributed by atoms with Crippen LogP contribution in [0, 0.1) is 11.7 Å². The van der Waals surface area contributed by atoms with Crippen molar-refractivity contribution < 1.29 is 4.39 Å². The van der Waals surface area contributed by atoms with Crippen molar-refractivity contribution in [2.24, 2.45) is 5.92 Å². The maximum absolute atomic E-state index is 13.1. The van der Waals surface area contributed by atoms with Crippen LogP contribution >= 0.6 is 11.6 Å². The van der Waals surface area contributed by atoms with Crippen LogP contribution in [0.4, 0.5) is 4.39 Å². The van der Waals surface area contributed by atoms with E-state index in [0.29, 0.717) is 10.9 Å². The van der Waals surface area contributed by atoms with Gasteiger partial charge in [0.1, 0.15) is 5.82 Å². The van der Waals surface area contributed by atoms with E-state index in [2.05, 4.69) is 29.6 Å². The van der Waals surface area contributed by atoms with Crippen LogP contribution in [0.1, 0.15) is 11.1 Å². The third-order valence-corrected chi connectivity index (χ3v) is 3.74. The fourth-order valence-electron chi connectivity index (χ4n) is 2.45. The quantitative estimate of drug-likeness (QED) is 0.845. The van der Waals surface area contributed by atoms with Crippen LogP contribution in [-0.4, -0.2) is 13.6 Å². The van der Waals surface area contributed by atoms with Gasteiger partial charge in [-0.25, -0.2) is 4.39 Å². The summed E-state index contributed by atoms with van der Waals surface area (Å²) in [6.45, 7) is 0.905. The van der Waals surface area contributed by atoms with Gasteiger partial charge in [0.15, 0.2) is 0 Å². The Balaban J connectivity index is 2.09. The molecule has 0 radical (unpaired) electrons. The monoisotopic (exact) mass is 291 g/mol. The second kappa shape index (κ2) is 7.41. The normalized spacial score (nSPS) is 12.3. The lowest BCUT2D eigenvalue weighted by atomic mass is 9.92. The van der Waals surface area contributed by atoms with Crippen LogP contribution in [0.2, 0.25) is 5.02 Å². The molecule has 1 unspecified atom stereocenters. The molecule has 0 aliphatic carbocycles. The highest BCUT2D eigenvalue weighted by Crippen LogP contribution is 2.22. The molecule has 2 aromatic carbocycles. The van der Waals surface area contributed by atoms with Crippen molar-refractivity contribution in [1.82, 2.24) is 5.32 Å². The van der Waals surface area contributed by atoms with Crippen LogP contribution in [0.5, 0.6) is 0 Å². The van der Waals surface area contributed by atoms with Gasteiger partial charge in [0.05, 0.1) is 0 Å². The van der Waals surface area contributed by atoms with E-state index in [1.165, 1.54) is 17.7 Å². The van der Waals surface area contributed by atoms with Gasteiger partial charge in [0.2, 0.25) is 0 Å². The molecule has 0 heterocycles. The standard InChI is InChI=1S/C17H19ClFN/c1-20-12-14(9-13-5-3-2-4-6-13)10-15-7-8-16(19)11-17(15)18/h2-8,11,14,20H,9-10,12H2,1H3.